The molecule has 0 saturated heterocycles. The van der Waals surface area contributed by atoms with Crippen LogP contribution in [0.3, 0.4) is 0 Å². The van der Waals surface area contributed by atoms with Crippen LogP contribution in [0.1, 0.15) is 34.6 Å². The minimum absolute atomic E-state index is 0.0213. The van der Waals surface area contributed by atoms with Crippen molar-refractivity contribution in [2.45, 2.75) is 45.1 Å². The van der Waals surface area contributed by atoms with Crippen LogP contribution in [0.2, 0.25) is 10.5 Å². The third-order valence-corrected chi connectivity index (χ3v) is 8.66. The summed E-state index contributed by atoms with van der Waals surface area (Å²) in [5, 5.41) is 4.17. The van der Waals surface area contributed by atoms with E-state index in [0.29, 0.717) is 0 Å². The molecule has 0 aliphatic heterocycles. The molecule has 18 heavy (non-hydrogen) atoms. The molecule has 1 aliphatic rings. The summed E-state index contributed by atoms with van der Waals surface area (Å²) < 4.78 is 6.92. The molecular formula is C15H22O2Ti. The average molecular weight is 282 g/mol. The SMILES string of the molecule is C#CC(=O)[O][Ti]([CH3])([CH3])[C]1=C(C)C(C)=C(C)C1(C)C. The number of rotatable bonds is 2. The zero-order chi connectivity index (χ0) is 14.3. The van der Waals surface area contributed by atoms with Crippen LogP contribution in [0.5, 0.6) is 0 Å². The van der Waals surface area contributed by atoms with E-state index in [1.54, 1.807) is 0 Å². The van der Waals surface area contributed by atoms with Gasteiger partial charge in [-0.3, -0.25) is 0 Å². The van der Waals surface area contributed by atoms with E-state index >= 15 is 0 Å². The van der Waals surface area contributed by atoms with Crippen molar-refractivity contribution >= 4 is 5.97 Å². The molecule has 2 nitrogen and oxygen atoms in total. The Labute approximate surface area is 114 Å². The first-order chi connectivity index (χ1) is 8.05. The van der Waals surface area contributed by atoms with Gasteiger partial charge in [0, 0.05) is 0 Å². The summed E-state index contributed by atoms with van der Waals surface area (Å²) in [4.78, 5) is 11.4. The Morgan fingerprint density at radius 2 is 1.72 bits per heavy atom. The fraction of sp³-hybridized carbons (Fsp3) is 0.533. The third-order valence-electron chi connectivity index (χ3n) is 4.13. The maximum absolute atomic E-state index is 11.4. The predicted molar refractivity (Wildman–Crippen MR) is 71.5 cm³/mol. The summed E-state index contributed by atoms with van der Waals surface area (Å²) >= 11 is -2.85. The fourth-order valence-electron chi connectivity index (χ4n) is 3.11. The second-order valence-electron chi connectivity index (χ2n) is 5.92. The van der Waals surface area contributed by atoms with Gasteiger partial charge < -0.3 is 0 Å². The van der Waals surface area contributed by atoms with Crippen LogP contribution < -0.4 is 0 Å². The molecule has 0 aromatic carbocycles. The van der Waals surface area contributed by atoms with E-state index in [9.17, 15) is 4.79 Å². The number of carbonyl (C=O) groups is 1. The van der Waals surface area contributed by atoms with Gasteiger partial charge >= 0.3 is 114 Å². The molecule has 0 N–H and O–H groups in total. The van der Waals surface area contributed by atoms with Crippen molar-refractivity contribution in [3.8, 4) is 12.3 Å². The summed E-state index contributed by atoms with van der Waals surface area (Å²) in [6.07, 6.45) is 5.11. The molecule has 0 aromatic rings. The molecule has 0 amide bonds. The Hall–Kier alpha value is -0.776. The van der Waals surface area contributed by atoms with Gasteiger partial charge in [0.05, 0.1) is 0 Å². The molecule has 0 spiro atoms. The van der Waals surface area contributed by atoms with Crippen molar-refractivity contribution in [3.05, 3.63) is 20.6 Å². The van der Waals surface area contributed by atoms with Gasteiger partial charge in [-0.2, -0.15) is 0 Å². The van der Waals surface area contributed by atoms with Crippen LogP contribution in [0, 0.1) is 17.8 Å². The van der Waals surface area contributed by atoms with E-state index in [4.69, 9.17) is 9.74 Å². The second-order valence-corrected chi connectivity index (χ2v) is 11.7. The molecule has 0 aromatic heterocycles. The Morgan fingerprint density at radius 1 is 1.22 bits per heavy atom. The third kappa shape index (κ3) is 2.35. The number of carbonyl (C=O) groups excluding carboxylic acids is 1. The Bertz CT molecular complexity index is 499. The Morgan fingerprint density at radius 3 is 2.06 bits per heavy atom. The van der Waals surface area contributed by atoms with Crippen molar-refractivity contribution in [1.29, 1.82) is 0 Å². The van der Waals surface area contributed by atoms with Crippen LogP contribution in [0.15, 0.2) is 20.6 Å². The van der Waals surface area contributed by atoms with Crippen molar-refractivity contribution in [1.82, 2.24) is 0 Å². The van der Waals surface area contributed by atoms with Gasteiger partial charge in [0.1, 0.15) is 0 Å². The van der Waals surface area contributed by atoms with Gasteiger partial charge in [0.25, 0.3) is 0 Å². The number of allylic oxidation sites excluding steroid dienone is 4. The molecule has 0 radical (unpaired) electrons. The quantitative estimate of drug-likeness (QED) is 0.565. The first-order valence-corrected chi connectivity index (χ1v) is 10.7. The van der Waals surface area contributed by atoms with Gasteiger partial charge in [0.15, 0.2) is 0 Å². The van der Waals surface area contributed by atoms with E-state index in [2.05, 4.69) is 51.0 Å². The maximum atomic E-state index is 11.4. The molecular weight excluding hydrogens is 260 g/mol. The van der Waals surface area contributed by atoms with Crippen LogP contribution in [0.4, 0.5) is 0 Å². The van der Waals surface area contributed by atoms with Crippen molar-refractivity contribution in [3.63, 3.8) is 0 Å². The summed E-state index contributed by atoms with van der Waals surface area (Å²) in [6.45, 7) is 10.8. The average Bonchev–Trinajstić information content (AvgIpc) is 2.39. The van der Waals surface area contributed by atoms with Crippen molar-refractivity contribution in [2.75, 3.05) is 0 Å². The molecule has 1 aliphatic carbocycles. The molecule has 0 atom stereocenters. The van der Waals surface area contributed by atoms with E-state index in [1.165, 1.54) is 20.6 Å². The van der Waals surface area contributed by atoms with Crippen LogP contribution >= 0.6 is 0 Å². The molecule has 0 heterocycles. The van der Waals surface area contributed by atoms with Crippen molar-refractivity contribution in [2.24, 2.45) is 5.41 Å². The minimum atomic E-state index is -2.85. The van der Waals surface area contributed by atoms with E-state index < -0.39 is 22.9 Å². The van der Waals surface area contributed by atoms with Gasteiger partial charge in [-0.1, -0.05) is 0 Å². The van der Waals surface area contributed by atoms with Gasteiger partial charge in [-0.15, -0.1) is 0 Å². The molecule has 98 valence electrons. The Balaban J connectivity index is 3.27. The van der Waals surface area contributed by atoms with Crippen molar-refractivity contribution < 1.29 is 25.1 Å². The monoisotopic (exact) mass is 282 g/mol. The zero-order valence-electron chi connectivity index (χ0n) is 12.4. The number of terminal acetylenes is 1. The topological polar surface area (TPSA) is 26.3 Å². The second kappa shape index (κ2) is 4.72. The van der Waals surface area contributed by atoms with Gasteiger partial charge in [-0.05, 0) is 0 Å². The normalized spacial score (nSPS) is 19.0. The summed E-state index contributed by atoms with van der Waals surface area (Å²) in [6, 6.07) is 0. The molecule has 0 unspecified atom stereocenters. The molecule has 0 fully saturated rings. The van der Waals surface area contributed by atoms with E-state index in [0.717, 1.165) is 0 Å². The van der Waals surface area contributed by atoms with Gasteiger partial charge in [0.2, 0.25) is 0 Å². The zero-order valence-corrected chi connectivity index (χ0v) is 14.0. The Kier molecular flexibility index (Phi) is 4.01. The molecule has 3 heteroatoms. The number of hydrogen-bond acceptors (Lipinski definition) is 2. The molecule has 0 saturated carbocycles. The van der Waals surface area contributed by atoms with Crippen LogP contribution in [0.25, 0.3) is 0 Å². The summed E-state index contributed by atoms with van der Waals surface area (Å²) in [5.41, 5.74) is 3.95. The van der Waals surface area contributed by atoms with Gasteiger partial charge in [-0.25, -0.2) is 0 Å². The first-order valence-electron chi connectivity index (χ1n) is 6.15. The van der Waals surface area contributed by atoms with Crippen LogP contribution in [-0.4, -0.2) is 5.97 Å². The first kappa shape index (κ1) is 15.3. The molecule has 1 rings (SSSR count). The van der Waals surface area contributed by atoms with E-state index in [1.807, 2.05) is 0 Å². The van der Waals surface area contributed by atoms with Crippen LogP contribution in [-0.2, 0) is 25.1 Å². The molecule has 0 bridgehead atoms. The standard InChI is InChI=1S/C10H15.C3H2O2.2CH3.Ti/c1-7-6-10(4,5)9(3)8(7)2;1-2-3(4)5;;;/h1-5H3;1H,(H,4,5);2*1H3;/q;;;;+1/p-1. The summed E-state index contributed by atoms with van der Waals surface area (Å²) in [5.74, 6) is 1.53. The number of hydrogen-bond donors (Lipinski definition) is 0. The predicted octanol–water partition coefficient (Wildman–Crippen LogP) is 3.98. The fourth-order valence-corrected chi connectivity index (χ4v) is 8.43. The summed E-state index contributed by atoms with van der Waals surface area (Å²) in [7, 11) is 0. The van der Waals surface area contributed by atoms with E-state index in [-0.39, 0.29) is 5.41 Å².